The number of carbonyl (C=O) groups excluding carboxylic acids is 1. The third-order valence-corrected chi connectivity index (χ3v) is 6.53. The summed E-state index contributed by atoms with van der Waals surface area (Å²) < 4.78 is 27.5. The van der Waals surface area contributed by atoms with Gasteiger partial charge in [0.2, 0.25) is 15.9 Å². The lowest BCUT2D eigenvalue weighted by Gasteiger charge is -2.22. The maximum absolute atomic E-state index is 12.7. The summed E-state index contributed by atoms with van der Waals surface area (Å²) in [5.41, 5.74) is 0.927. The van der Waals surface area contributed by atoms with Crippen molar-refractivity contribution in [2.24, 2.45) is 0 Å². The first-order chi connectivity index (χ1) is 12.2. The zero-order valence-electron chi connectivity index (χ0n) is 14.4. The minimum absolute atomic E-state index is 0.108. The fraction of sp³-hybridized carbons (Fsp3) is 0.278. The van der Waals surface area contributed by atoms with Gasteiger partial charge in [-0.15, -0.1) is 0 Å². The van der Waals surface area contributed by atoms with Crippen molar-refractivity contribution < 1.29 is 13.2 Å². The Morgan fingerprint density at radius 2 is 1.88 bits per heavy atom. The average molecular weight is 460 g/mol. The quantitative estimate of drug-likeness (QED) is 0.681. The molecule has 0 unspecified atom stereocenters. The molecule has 0 bridgehead atoms. The Balaban J connectivity index is 2.09. The van der Waals surface area contributed by atoms with E-state index in [9.17, 15) is 13.2 Å². The molecule has 2 aromatic carbocycles. The van der Waals surface area contributed by atoms with Crippen molar-refractivity contribution in [2.45, 2.75) is 24.8 Å². The van der Waals surface area contributed by atoms with Crippen LogP contribution in [0.1, 0.15) is 25.5 Å². The predicted molar refractivity (Wildman–Crippen MR) is 107 cm³/mol. The molecule has 140 valence electrons. The summed E-state index contributed by atoms with van der Waals surface area (Å²) in [6.45, 7) is 3.48. The minimum atomic E-state index is -3.76. The predicted octanol–water partition coefficient (Wildman–Crippen LogP) is 3.99. The van der Waals surface area contributed by atoms with Gasteiger partial charge in [0.25, 0.3) is 0 Å². The van der Waals surface area contributed by atoms with Crippen LogP contribution in [-0.2, 0) is 14.8 Å². The van der Waals surface area contributed by atoms with Crippen LogP contribution in [0, 0.1) is 0 Å². The van der Waals surface area contributed by atoms with Crippen LogP contribution in [-0.4, -0.2) is 31.7 Å². The molecule has 0 fully saturated rings. The zero-order valence-corrected chi connectivity index (χ0v) is 17.6. The summed E-state index contributed by atoms with van der Waals surface area (Å²) in [6, 6.07) is 13.2. The molecule has 2 rings (SSSR count). The smallest absolute Gasteiger partial charge is 0.243 e. The van der Waals surface area contributed by atoms with Crippen LogP contribution in [0.3, 0.4) is 0 Å². The van der Waals surface area contributed by atoms with Gasteiger partial charge in [0, 0.05) is 16.0 Å². The highest BCUT2D eigenvalue weighted by molar-refractivity contribution is 9.10. The normalized spacial score (nSPS) is 12.8. The Labute approximate surface area is 167 Å². The highest BCUT2D eigenvalue weighted by atomic mass is 79.9. The second-order valence-corrected chi connectivity index (χ2v) is 9.02. The number of hydrogen-bond acceptors (Lipinski definition) is 3. The third kappa shape index (κ3) is 5.30. The largest absolute Gasteiger partial charge is 0.348 e. The Morgan fingerprint density at radius 3 is 2.46 bits per heavy atom. The molecule has 0 aliphatic heterocycles. The Morgan fingerprint density at radius 1 is 1.23 bits per heavy atom. The topological polar surface area (TPSA) is 66.5 Å². The van der Waals surface area contributed by atoms with Gasteiger partial charge in [-0.25, -0.2) is 8.42 Å². The summed E-state index contributed by atoms with van der Waals surface area (Å²) >= 11 is 9.21. The van der Waals surface area contributed by atoms with Crippen LogP contribution in [0.4, 0.5) is 0 Å². The highest BCUT2D eigenvalue weighted by Gasteiger charge is 2.25. The van der Waals surface area contributed by atoms with Gasteiger partial charge in [0.05, 0.1) is 17.5 Å². The first-order valence-corrected chi connectivity index (χ1v) is 10.7. The van der Waals surface area contributed by atoms with Gasteiger partial charge in [-0.3, -0.25) is 4.79 Å². The highest BCUT2D eigenvalue weighted by Crippen LogP contribution is 2.20. The number of benzene rings is 2. The van der Waals surface area contributed by atoms with E-state index in [4.69, 9.17) is 11.6 Å². The minimum Gasteiger partial charge on any atom is -0.348 e. The summed E-state index contributed by atoms with van der Waals surface area (Å²) in [6.07, 6.45) is 0. The van der Waals surface area contributed by atoms with E-state index in [0.717, 1.165) is 14.3 Å². The van der Waals surface area contributed by atoms with E-state index in [-0.39, 0.29) is 29.9 Å². The van der Waals surface area contributed by atoms with E-state index in [1.54, 1.807) is 6.92 Å². The number of likely N-dealkylation sites (N-methyl/N-ethyl adjacent to an activating group) is 1. The van der Waals surface area contributed by atoms with Crippen LogP contribution in [0.5, 0.6) is 0 Å². The molecule has 5 nitrogen and oxygen atoms in total. The van der Waals surface area contributed by atoms with Gasteiger partial charge in [-0.1, -0.05) is 46.6 Å². The molecule has 26 heavy (non-hydrogen) atoms. The number of amides is 1. The van der Waals surface area contributed by atoms with Gasteiger partial charge >= 0.3 is 0 Å². The lowest BCUT2D eigenvalue weighted by atomic mass is 10.1. The molecular formula is C18H20BrClN2O3S. The Hall–Kier alpha value is -1.41. The average Bonchev–Trinajstić information content (AvgIpc) is 2.59. The molecule has 0 saturated carbocycles. The van der Waals surface area contributed by atoms with E-state index in [2.05, 4.69) is 21.2 Å². The number of carbonyl (C=O) groups is 1. The van der Waals surface area contributed by atoms with Crippen molar-refractivity contribution in [3.63, 3.8) is 0 Å². The van der Waals surface area contributed by atoms with Gasteiger partial charge in [0.1, 0.15) is 0 Å². The number of halogens is 2. The lowest BCUT2D eigenvalue weighted by Crippen LogP contribution is -2.41. The zero-order chi connectivity index (χ0) is 19.3. The molecule has 0 spiro atoms. The van der Waals surface area contributed by atoms with Crippen molar-refractivity contribution in [1.82, 2.24) is 9.62 Å². The van der Waals surface area contributed by atoms with E-state index < -0.39 is 10.0 Å². The second-order valence-electron chi connectivity index (χ2n) is 5.73. The molecular weight excluding hydrogens is 440 g/mol. The third-order valence-electron chi connectivity index (χ3n) is 3.85. The molecule has 1 amide bonds. The van der Waals surface area contributed by atoms with E-state index in [0.29, 0.717) is 5.02 Å². The number of sulfonamides is 1. The molecule has 0 heterocycles. The van der Waals surface area contributed by atoms with Gasteiger partial charge in [0.15, 0.2) is 0 Å². The summed E-state index contributed by atoms with van der Waals surface area (Å²) in [5.74, 6) is -0.364. The van der Waals surface area contributed by atoms with Crippen molar-refractivity contribution in [1.29, 1.82) is 0 Å². The van der Waals surface area contributed by atoms with Crippen LogP contribution in [0.25, 0.3) is 0 Å². The van der Waals surface area contributed by atoms with Gasteiger partial charge < -0.3 is 5.32 Å². The van der Waals surface area contributed by atoms with Crippen molar-refractivity contribution in [2.75, 3.05) is 13.1 Å². The molecule has 8 heteroatoms. The first kappa shape index (κ1) is 20.9. The van der Waals surface area contributed by atoms with Crippen LogP contribution < -0.4 is 5.32 Å². The van der Waals surface area contributed by atoms with Crippen LogP contribution in [0.2, 0.25) is 5.02 Å². The molecule has 0 aliphatic rings. The van der Waals surface area contributed by atoms with Crippen molar-refractivity contribution in [3.8, 4) is 0 Å². The fourth-order valence-corrected chi connectivity index (χ4v) is 4.38. The van der Waals surface area contributed by atoms with Crippen LogP contribution in [0.15, 0.2) is 57.9 Å². The summed E-state index contributed by atoms with van der Waals surface area (Å²) in [5, 5.41) is 3.29. The summed E-state index contributed by atoms with van der Waals surface area (Å²) in [7, 11) is -3.76. The van der Waals surface area contributed by atoms with Gasteiger partial charge in [-0.2, -0.15) is 4.31 Å². The first-order valence-electron chi connectivity index (χ1n) is 8.04. The SMILES string of the molecule is CCN(CC(=O)N[C@H](C)c1cccc(Br)c1)S(=O)(=O)c1ccc(Cl)cc1. The van der Waals surface area contributed by atoms with Gasteiger partial charge in [-0.05, 0) is 48.9 Å². The molecule has 1 N–H and O–H groups in total. The molecule has 0 aliphatic carbocycles. The van der Waals surface area contributed by atoms with E-state index in [1.807, 2.05) is 31.2 Å². The molecule has 1 atom stereocenters. The lowest BCUT2D eigenvalue weighted by molar-refractivity contribution is -0.121. The number of rotatable bonds is 7. The number of nitrogens with zero attached hydrogens (tertiary/aromatic N) is 1. The maximum atomic E-state index is 12.7. The van der Waals surface area contributed by atoms with Crippen molar-refractivity contribution in [3.05, 3.63) is 63.6 Å². The second kappa shape index (κ2) is 8.99. The molecule has 2 aromatic rings. The maximum Gasteiger partial charge on any atom is 0.243 e. The van der Waals surface area contributed by atoms with E-state index in [1.165, 1.54) is 24.3 Å². The molecule has 0 saturated heterocycles. The fourth-order valence-electron chi connectivity index (χ4n) is 2.43. The monoisotopic (exact) mass is 458 g/mol. The number of nitrogens with one attached hydrogen (secondary N) is 1. The van der Waals surface area contributed by atoms with E-state index >= 15 is 0 Å². The molecule has 0 aromatic heterocycles. The Kier molecular flexibility index (Phi) is 7.23. The van der Waals surface area contributed by atoms with Crippen molar-refractivity contribution >= 4 is 43.5 Å². The number of hydrogen-bond donors (Lipinski definition) is 1. The van der Waals surface area contributed by atoms with Crippen LogP contribution >= 0.6 is 27.5 Å². The standard InChI is InChI=1S/C18H20BrClN2O3S/c1-3-22(26(24,25)17-9-7-16(20)8-10-17)12-18(23)21-13(2)14-5-4-6-15(19)11-14/h4-11,13H,3,12H2,1-2H3,(H,21,23)/t13-/m1/s1. The summed E-state index contributed by atoms with van der Waals surface area (Å²) in [4.78, 5) is 12.5. The Bertz CT molecular complexity index is 872. The molecule has 0 radical (unpaired) electrons.